The topological polar surface area (TPSA) is 56.5 Å². The summed E-state index contributed by atoms with van der Waals surface area (Å²) in [6.07, 6.45) is 0. The van der Waals surface area contributed by atoms with Gasteiger partial charge in [0, 0.05) is 33.0 Å². The quantitative estimate of drug-likeness (QED) is 0.166. The van der Waals surface area contributed by atoms with E-state index in [0.717, 1.165) is 77.6 Å². The van der Waals surface area contributed by atoms with Crippen LogP contribution < -0.4 is 0 Å². The minimum atomic E-state index is 0.601. The van der Waals surface area contributed by atoms with E-state index in [1.165, 1.54) is 0 Å². The number of rotatable bonds is 7. The van der Waals surface area contributed by atoms with Gasteiger partial charge in [-0.05, 0) is 45.8 Å². The predicted octanol–water partition coefficient (Wildman–Crippen LogP) is 12.4. The Labute approximate surface area is 318 Å². The van der Waals surface area contributed by atoms with Crippen LogP contribution in [0.5, 0.6) is 0 Å². The molecule has 5 heteroatoms. The molecule has 10 aromatic rings. The molecule has 0 amide bonds. The molecular weight excluding hydrogens is 671 g/mol. The maximum atomic E-state index is 5.38. The molecule has 0 radical (unpaired) electrons. The summed E-state index contributed by atoms with van der Waals surface area (Å²) >= 11 is 0. The highest BCUT2D eigenvalue weighted by atomic mass is 15.3. The number of fused-ring (bicyclic) bond motifs is 3. The second-order valence-electron chi connectivity index (χ2n) is 13.5. The Bertz CT molecular complexity index is 2940. The van der Waals surface area contributed by atoms with Crippen molar-refractivity contribution < 1.29 is 0 Å². The molecule has 0 saturated heterocycles. The highest BCUT2D eigenvalue weighted by Crippen LogP contribution is 2.44. The number of aromatic nitrogens is 5. The average Bonchev–Trinajstić information content (AvgIpc) is 3.69. The van der Waals surface area contributed by atoms with Crippen LogP contribution >= 0.6 is 0 Å². The molecule has 0 bridgehead atoms. The van der Waals surface area contributed by atoms with Gasteiger partial charge >= 0.3 is 0 Å². The molecule has 258 valence electrons. The summed E-state index contributed by atoms with van der Waals surface area (Å²) in [7, 11) is 0. The molecule has 55 heavy (non-hydrogen) atoms. The fraction of sp³-hybridized carbons (Fsp3) is 0. The van der Waals surface area contributed by atoms with E-state index in [4.69, 9.17) is 20.1 Å². The first-order valence-corrected chi connectivity index (χ1v) is 18.4. The molecule has 0 unspecified atom stereocenters. The minimum Gasteiger partial charge on any atom is -0.232 e. The molecule has 2 aromatic heterocycles. The molecule has 5 nitrogen and oxygen atoms in total. The summed E-state index contributed by atoms with van der Waals surface area (Å²) in [6, 6.07) is 69.1. The van der Waals surface area contributed by atoms with Crippen molar-refractivity contribution >= 4 is 21.7 Å². The van der Waals surface area contributed by atoms with Gasteiger partial charge in [-0.25, -0.2) is 19.6 Å². The highest BCUT2D eigenvalue weighted by Gasteiger charge is 2.23. The summed E-state index contributed by atoms with van der Waals surface area (Å²) < 4.78 is 2.10. The Hall–Kier alpha value is -7.50. The lowest BCUT2D eigenvalue weighted by Crippen LogP contribution is -2.01. The largest absolute Gasteiger partial charge is 0.232 e. The van der Waals surface area contributed by atoms with E-state index >= 15 is 0 Å². The molecule has 8 aromatic carbocycles. The number of hydrogen-bond donors (Lipinski definition) is 0. The van der Waals surface area contributed by atoms with E-state index in [0.29, 0.717) is 17.5 Å². The number of hydrogen-bond acceptors (Lipinski definition) is 4. The van der Waals surface area contributed by atoms with Gasteiger partial charge < -0.3 is 0 Å². The molecule has 0 spiro atoms. The van der Waals surface area contributed by atoms with E-state index < -0.39 is 0 Å². The molecule has 0 saturated carbocycles. The molecule has 2 heterocycles. The molecule has 0 N–H and O–H groups in total. The second kappa shape index (κ2) is 13.8. The van der Waals surface area contributed by atoms with Gasteiger partial charge in [0.1, 0.15) is 5.69 Å². The lowest BCUT2D eigenvalue weighted by molar-refractivity contribution is 0.918. The zero-order valence-electron chi connectivity index (χ0n) is 29.8. The van der Waals surface area contributed by atoms with Crippen LogP contribution in [0.3, 0.4) is 0 Å². The number of para-hydroxylation sites is 1. The lowest BCUT2D eigenvalue weighted by atomic mass is 9.91. The Morgan fingerprint density at radius 1 is 0.345 bits per heavy atom. The van der Waals surface area contributed by atoms with Crippen LogP contribution in [0.15, 0.2) is 200 Å². The third kappa shape index (κ3) is 5.94. The van der Waals surface area contributed by atoms with Gasteiger partial charge in [-0.15, -0.1) is 0 Å². The minimum absolute atomic E-state index is 0.601. The fourth-order valence-corrected chi connectivity index (χ4v) is 7.45. The number of benzene rings is 8. The van der Waals surface area contributed by atoms with Crippen molar-refractivity contribution in [2.24, 2.45) is 0 Å². The molecule has 0 fully saturated rings. The standard InChI is InChI=1S/C50H33N5/c1-5-17-34(18-6-1)35-29-31-38(32-30-35)49-51-48(37-21-9-3-10-22-37)52-50(53-49)43-28-16-15-27-42(43)44-33-39-23-13-14-26-41(39)47-45(44)46(36-19-7-2-8-20-36)54-55(47)40-24-11-4-12-25-40/h1-33H. The van der Waals surface area contributed by atoms with Crippen LogP contribution in [0.4, 0.5) is 0 Å². The molecule has 0 aliphatic rings. The zero-order valence-corrected chi connectivity index (χ0v) is 29.8. The zero-order chi connectivity index (χ0) is 36.6. The Kier molecular flexibility index (Phi) is 8.08. The van der Waals surface area contributed by atoms with E-state index in [9.17, 15) is 0 Å². The Balaban J connectivity index is 1.23. The van der Waals surface area contributed by atoms with E-state index in [2.05, 4.69) is 156 Å². The van der Waals surface area contributed by atoms with Gasteiger partial charge in [-0.1, -0.05) is 182 Å². The molecule has 0 atom stereocenters. The lowest BCUT2D eigenvalue weighted by Gasteiger charge is -2.15. The first kappa shape index (κ1) is 32.2. The molecule has 0 aliphatic heterocycles. The van der Waals surface area contributed by atoms with Gasteiger partial charge in [0.05, 0.1) is 11.2 Å². The van der Waals surface area contributed by atoms with Crippen LogP contribution in [-0.4, -0.2) is 24.7 Å². The van der Waals surface area contributed by atoms with E-state index in [1.807, 2.05) is 48.5 Å². The molecular formula is C50H33N5. The maximum absolute atomic E-state index is 5.38. The molecule has 0 aliphatic carbocycles. The summed E-state index contributed by atoms with van der Waals surface area (Å²) in [5.74, 6) is 1.83. The first-order chi connectivity index (χ1) is 27.3. The average molecular weight is 704 g/mol. The van der Waals surface area contributed by atoms with Crippen molar-refractivity contribution in [3.63, 3.8) is 0 Å². The first-order valence-electron chi connectivity index (χ1n) is 18.4. The van der Waals surface area contributed by atoms with Crippen molar-refractivity contribution in [2.75, 3.05) is 0 Å². The smallest absolute Gasteiger partial charge is 0.164 e. The van der Waals surface area contributed by atoms with Crippen molar-refractivity contribution in [2.45, 2.75) is 0 Å². The van der Waals surface area contributed by atoms with Crippen molar-refractivity contribution in [3.8, 4) is 73.4 Å². The van der Waals surface area contributed by atoms with Crippen molar-refractivity contribution in [1.82, 2.24) is 24.7 Å². The van der Waals surface area contributed by atoms with Crippen molar-refractivity contribution in [3.05, 3.63) is 200 Å². The van der Waals surface area contributed by atoms with Gasteiger partial charge in [0.15, 0.2) is 17.5 Å². The highest BCUT2D eigenvalue weighted by molar-refractivity contribution is 6.18. The summed E-state index contributed by atoms with van der Waals surface area (Å²) in [6.45, 7) is 0. The van der Waals surface area contributed by atoms with Gasteiger partial charge in [-0.3, -0.25) is 0 Å². The van der Waals surface area contributed by atoms with Crippen molar-refractivity contribution in [1.29, 1.82) is 0 Å². The second-order valence-corrected chi connectivity index (χ2v) is 13.5. The van der Waals surface area contributed by atoms with E-state index in [-0.39, 0.29) is 0 Å². The molecule has 10 rings (SSSR count). The van der Waals surface area contributed by atoms with Gasteiger partial charge in [0.2, 0.25) is 0 Å². The van der Waals surface area contributed by atoms with Crippen LogP contribution in [0.1, 0.15) is 0 Å². The summed E-state index contributed by atoms with van der Waals surface area (Å²) in [4.78, 5) is 15.5. The van der Waals surface area contributed by atoms with Gasteiger partial charge in [0.25, 0.3) is 0 Å². The summed E-state index contributed by atoms with van der Waals surface area (Å²) in [5, 5.41) is 8.70. The number of nitrogens with zero attached hydrogens (tertiary/aromatic N) is 5. The van der Waals surface area contributed by atoms with Gasteiger partial charge in [-0.2, -0.15) is 5.10 Å². The van der Waals surface area contributed by atoms with Crippen LogP contribution in [-0.2, 0) is 0 Å². The SMILES string of the molecule is c1ccc(-c2ccc(-c3nc(-c4ccccc4)nc(-c4ccccc4-c4cc5ccccc5c5c4c(-c4ccccc4)nn5-c4ccccc4)n3)cc2)cc1. The normalized spacial score (nSPS) is 11.3. The monoisotopic (exact) mass is 703 g/mol. The third-order valence-electron chi connectivity index (χ3n) is 10.1. The van der Waals surface area contributed by atoms with Crippen LogP contribution in [0.25, 0.3) is 95.0 Å². The fourth-order valence-electron chi connectivity index (χ4n) is 7.45. The van der Waals surface area contributed by atoms with E-state index in [1.54, 1.807) is 0 Å². The third-order valence-corrected chi connectivity index (χ3v) is 10.1. The van der Waals surface area contributed by atoms with Crippen LogP contribution in [0, 0.1) is 0 Å². The Morgan fingerprint density at radius 2 is 0.818 bits per heavy atom. The maximum Gasteiger partial charge on any atom is 0.164 e. The van der Waals surface area contributed by atoms with Crippen LogP contribution in [0.2, 0.25) is 0 Å². The predicted molar refractivity (Wildman–Crippen MR) is 225 cm³/mol. The Morgan fingerprint density at radius 3 is 1.49 bits per heavy atom. The summed E-state index contributed by atoms with van der Waals surface area (Å²) in [5.41, 5.74) is 11.1.